The summed E-state index contributed by atoms with van der Waals surface area (Å²) in [6.07, 6.45) is 0. The standard InChI is InChI=1S/C13H15ClO4/c1-13(2,3)11(15)18-10-6-4-9(5-7-10)8-17-12(14)16/h4-7H,8H2,1-3H3. The minimum atomic E-state index is -0.849. The molecule has 0 fully saturated rings. The Morgan fingerprint density at radius 2 is 1.72 bits per heavy atom. The van der Waals surface area contributed by atoms with Crippen molar-refractivity contribution in [2.45, 2.75) is 27.4 Å². The van der Waals surface area contributed by atoms with E-state index < -0.39 is 10.8 Å². The van der Waals surface area contributed by atoms with Gasteiger partial charge in [-0.2, -0.15) is 0 Å². The Hall–Kier alpha value is -1.55. The molecule has 0 aliphatic heterocycles. The predicted molar refractivity (Wildman–Crippen MR) is 67.6 cm³/mol. The maximum absolute atomic E-state index is 11.6. The molecule has 0 saturated heterocycles. The minimum Gasteiger partial charge on any atom is -0.449 e. The number of hydrogen-bond acceptors (Lipinski definition) is 4. The van der Waals surface area contributed by atoms with Gasteiger partial charge in [0.2, 0.25) is 0 Å². The van der Waals surface area contributed by atoms with Gasteiger partial charge >= 0.3 is 11.4 Å². The molecule has 18 heavy (non-hydrogen) atoms. The summed E-state index contributed by atoms with van der Waals surface area (Å²) in [5.41, 5.74) is -0.634. The third-order valence-electron chi connectivity index (χ3n) is 2.10. The van der Waals surface area contributed by atoms with Gasteiger partial charge in [-0.05, 0) is 38.5 Å². The maximum Gasteiger partial charge on any atom is 0.404 e. The number of halogens is 1. The zero-order chi connectivity index (χ0) is 13.8. The monoisotopic (exact) mass is 270 g/mol. The lowest BCUT2D eigenvalue weighted by atomic mass is 9.97. The van der Waals surface area contributed by atoms with Crippen molar-refractivity contribution < 1.29 is 19.1 Å². The van der Waals surface area contributed by atoms with Crippen molar-refractivity contribution in [2.24, 2.45) is 5.41 Å². The van der Waals surface area contributed by atoms with Gasteiger partial charge in [0.25, 0.3) is 0 Å². The number of carbonyl (C=O) groups is 2. The second-order valence-electron chi connectivity index (χ2n) is 4.81. The average molecular weight is 271 g/mol. The Labute approximate surface area is 111 Å². The van der Waals surface area contributed by atoms with Crippen LogP contribution in [0, 0.1) is 5.41 Å². The van der Waals surface area contributed by atoms with Crippen LogP contribution < -0.4 is 4.74 Å². The van der Waals surface area contributed by atoms with Crippen LogP contribution in [0.25, 0.3) is 0 Å². The van der Waals surface area contributed by atoms with Crippen molar-refractivity contribution in [1.82, 2.24) is 0 Å². The molecule has 0 N–H and O–H groups in total. The van der Waals surface area contributed by atoms with E-state index in [9.17, 15) is 9.59 Å². The van der Waals surface area contributed by atoms with Gasteiger partial charge in [0.15, 0.2) is 0 Å². The molecule has 0 aromatic heterocycles. The van der Waals surface area contributed by atoms with E-state index in [1.165, 1.54) is 0 Å². The number of rotatable bonds is 3. The molecule has 0 aliphatic rings. The van der Waals surface area contributed by atoms with Crippen LogP contribution >= 0.6 is 11.6 Å². The summed E-state index contributed by atoms with van der Waals surface area (Å²) in [4.78, 5) is 22.0. The van der Waals surface area contributed by atoms with Crippen molar-refractivity contribution in [3.05, 3.63) is 29.8 Å². The number of ether oxygens (including phenoxy) is 2. The van der Waals surface area contributed by atoms with Crippen molar-refractivity contribution in [3.63, 3.8) is 0 Å². The van der Waals surface area contributed by atoms with Crippen LogP contribution in [0.5, 0.6) is 5.75 Å². The van der Waals surface area contributed by atoms with E-state index in [1.54, 1.807) is 45.0 Å². The summed E-state index contributed by atoms with van der Waals surface area (Å²) in [6.45, 7) is 5.44. The number of hydrogen-bond donors (Lipinski definition) is 0. The third-order valence-corrected chi connectivity index (χ3v) is 2.21. The molecule has 0 amide bonds. The van der Waals surface area contributed by atoms with Gasteiger partial charge in [-0.25, -0.2) is 4.79 Å². The summed E-state index contributed by atoms with van der Waals surface area (Å²) in [6, 6.07) is 6.68. The van der Waals surface area contributed by atoms with Crippen LogP contribution in [0.3, 0.4) is 0 Å². The van der Waals surface area contributed by atoms with Gasteiger partial charge in [0.05, 0.1) is 5.41 Å². The van der Waals surface area contributed by atoms with Crippen LogP contribution in [-0.2, 0) is 16.1 Å². The van der Waals surface area contributed by atoms with Crippen molar-refractivity contribution in [2.75, 3.05) is 0 Å². The van der Waals surface area contributed by atoms with Crippen LogP contribution in [0.1, 0.15) is 26.3 Å². The van der Waals surface area contributed by atoms with Crippen molar-refractivity contribution in [3.8, 4) is 5.75 Å². The second-order valence-corrected chi connectivity index (χ2v) is 5.12. The predicted octanol–water partition coefficient (Wildman–Crippen LogP) is 3.51. The lowest BCUT2D eigenvalue weighted by molar-refractivity contribution is -0.142. The zero-order valence-electron chi connectivity index (χ0n) is 10.5. The summed E-state index contributed by atoms with van der Waals surface area (Å²) >= 11 is 5.05. The molecule has 98 valence electrons. The normalized spacial score (nSPS) is 10.9. The van der Waals surface area contributed by atoms with E-state index in [2.05, 4.69) is 4.74 Å². The largest absolute Gasteiger partial charge is 0.449 e. The van der Waals surface area contributed by atoms with E-state index in [1.807, 2.05) is 0 Å². The Balaban J connectivity index is 2.60. The Morgan fingerprint density at radius 3 is 2.17 bits per heavy atom. The highest BCUT2D eigenvalue weighted by atomic mass is 35.5. The molecular formula is C13H15ClO4. The fourth-order valence-corrected chi connectivity index (χ4v) is 1.11. The van der Waals surface area contributed by atoms with Crippen LogP contribution in [-0.4, -0.2) is 11.4 Å². The molecule has 1 aromatic rings. The minimum absolute atomic E-state index is 0.0931. The van der Waals surface area contributed by atoms with Gasteiger partial charge in [0.1, 0.15) is 12.4 Å². The van der Waals surface area contributed by atoms with Gasteiger partial charge in [-0.1, -0.05) is 12.1 Å². The fraction of sp³-hybridized carbons (Fsp3) is 0.385. The molecule has 0 unspecified atom stereocenters. The smallest absolute Gasteiger partial charge is 0.404 e. The number of benzene rings is 1. The maximum atomic E-state index is 11.6. The van der Waals surface area contributed by atoms with Crippen molar-refractivity contribution in [1.29, 1.82) is 0 Å². The van der Waals surface area contributed by atoms with Gasteiger partial charge in [0, 0.05) is 11.6 Å². The lowest BCUT2D eigenvalue weighted by Gasteiger charge is -2.16. The molecule has 0 heterocycles. The lowest BCUT2D eigenvalue weighted by Crippen LogP contribution is -2.25. The van der Waals surface area contributed by atoms with E-state index >= 15 is 0 Å². The first-order valence-corrected chi connectivity index (χ1v) is 5.80. The van der Waals surface area contributed by atoms with Gasteiger partial charge < -0.3 is 9.47 Å². The molecule has 4 nitrogen and oxygen atoms in total. The SMILES string of the molecule is CC(C)(C)C(=O)Oc1ccc(COC(=O)Cl)cc1. The molecule has 0 atom stereocenters. The molecule has 0 spiro atoms. The highest BCUT2D eigenvalue weighted by molar-refractivity contribution is 6.61. The van der Waals surface area contributed by atoms with Gasteiger partial charge in [-0.3, -0.25) is 4.79 Å². The molecule has 0 bridgehead atoms. The Bertz CT molecular complexity index is 431. The Morgan fingerprint density at radius 1 is 1.17 bits per heavy atom. The second kappa shape index (κ2) is 5.87. The number of esters is 1. The summed E-state index contributed by atoms with van der Waals surface area (Å²) in [5.74, 6) is 0.151. The number of carbonyl (C=O) groups excluding carboxylic acids is 2. The molecule has 0 saturated carbocycles. The summed E-state index contributed by atoms with van der Waals surface area (Å²) < 4.78 is 9.81. The van der Waals surface area contributed by atoms with Crippen LogP contribution in [0.2, 0.25) is 0 Å². The van der Waals surface area contributed by atoms with E-state index in [-0.39, 0.29) is 12.6 Å². The highest BCUT2D eigenvalue weighted by Gasteiger charge is 2.23. The first kappa shape index (κ1) is 14.5. The zero-order valence-corrected chi connectivity index (χ0v) is 11.3. The summed E-state index contributed by atoms with van der Waals surface area (Å²) in [5, 5.41) is 0. The molecule has 0 aliphatic carbocycles. The van der Waals surface area contributed by atoms with Crippen LogP contribution in [0.15, 0.2) is 24.3 Å². The molecule has 0 radical (unpaired) electrons. The third kappa shape index (κ3) is 4.75. The van der Waals surface area contributed by atoms with Crippen LogP contribution in [0.4, 0.5) is 4.79 Å². The first-order valence-electron chi connectivity index (χ1n) is 5.42. The van der Waals surface area contributed by atoms with Crippen molar-refractivity contribution >= 4 is 23.0 Å². The van der Waals surface area contributed by atoms with E-state index in [4.69, 9.17) is 16.3 Å². The highest BCUT2D eigenvalue weighted by Crippen LogP contribution is 2.20. The topological polar surface area (TPSA) is 52.6 Å². The molecular weight excluding hydrogens is 256 g/mol. The quantitative estimate of drug-likeness (QED) is 0.479. The molecule has 1 aromatic carbocycles. The van der Waals surface area contributed by atoms with E-state index in [0.717, 1.165) is 5.56 Å². The average Bonchev–Trinajstić information content (AvgIpc) is 2.26. The molecule has 5 heteroatoms. The van der Waals surface area contributed by atoms with Gasteiger partial charge in [-0.15, -0.1) is 0 Å². The molecule has 1 rings (SSSR count). The van der Waals surface area contributed by atoms with E-state index in [0.29, 0.717) is 5.75 Å². The fourth-order valence-electron chi connectivity index (χ4n) is 1.05. The first-order chi connectivity index (χ1) is 8.29. The Kier molecular flexibility index (Phi) is 4.73. The summed E-state index contributed by atoms with van der Waals surface area (Å²) in [7, 11) is 0.